The third-order valence-corrected chi connectivity index (χ3v) is 4.49. The number of likely N-dealkylation sites (tertiary alicyclic amines) is 1. The maximum Gasteiger partial charge on any atom is 0.255 e. The van der Waals surface area contributed by atoms with E-state index in [-0.39, 0.29) is 11.8 Å². The molecule has 2 amide bonds. The van der Waals surface area contributed by atoms with Gasteiger partial charge in [0.2, 0.25) is 0 Å². The lowest BCUT2D eigenvalue weighted by molar-refractivity contribution is 0.0697. The minimum atomic E-state index is -0.252. The number of carbonyl (C=O) groups excluding carboxylic acids is 2. The summed E-state index contributed by atoms with van der Waals surface area (Å²) in [6.07, 6.45) is 8.43. The molecule has 0 spiro atoms. The highest BCUT2D eigenvalue weighted by atomic mass is 16.2. The first-order chi connectivity index (χ1) is 12.1. The van der Waals surface area contributed by atoms with Crippen LogP contribution in [0.25, 0.3) is 0 Å². The first-order valence-corrected chi connectivity index (χ1v) is 8.55. The van der Waals surface area contributed by atoms with E-state index in [1.165, 1.54) is 12.4 Å². The summed E-state index contributed by atoms with van der Waals surface area (Å²) in [5.74, 6) is 0.353. The number of piperidine rings is 1. The van der Waals surface area contributed by atoms with Crippen molar-refractivity contribution in [2.75, 3.05) is 13.1 Å². The van der Waals surface area contributed by atoms with Crippen molar-refractivity contribution < 1.29 is 9.59 Å². The van der Waals surface area contributed by atoms with Gasteiger partial charge in [0.05, 0.1) is 11.1 Å². The fourth-order valence-corrected chi connectivity index (χ4v) is 2.86. The van der Waals surface area contributed by atoms with Crippen molar-refractivity contribution in [3.63, 3.8) is 0 Å². The zero-order chi connectivity index (χ0) is 17.6. The Balaban J connectivity index is 1.64. The molecule has 3 rings (SSSR count). The van der Waals surface area contributed by atoms with E-state index >= 15 is 0 Å². The van der Waals surface area contributed by atoms with Crippen LogP contribution in [0.15, 0.2) is 43.0 Å². The average molecular weight is 338 g/mol. The molecule has 6 heteroatoms. The van der Waals surface area contributed by atoms with Crippen LogP contribution in [-0.4, -0.2) is 39.8 Å². The maximum absolute atomic E-state index is 12.6. The van der Waals surface area contributed by atoms with Gasteiger partial charge in [-0.2, -0.15) is 0 Å². The zero-order valence-corrected chi connectivity index (χ0v) is 14.3. The summed E-state index contributed by atoms with van der Waals surface area (Å²) in [6.45, 7) is 4.11. The number of hydrogen-bond acceptors (Lipinski definition) is 4. The van der Waals surface area contributed by atoms with E-state index in [1.807, 2.05) is 17.0 Å². The molecule has 1 fully saturated rings. The van der Waals surface area contributed by atoms with E-state index in [1.54, 1.807) is 18.5 Å². The van der Waals surface area contributed by atoms with Crippen LogP contribution in [0.1, 0.15) is 46.0 Å². The predicted molar refractivity (Wildman–Crippen MR) is 93.9 cm³/mol. The highest BCUT2D eigenvalue weighted by molar-refractivity contribution is 5.99. The Morgan fingerprint density at radius 2 is 1.92 bits per heavy atom. The van der Waals surface area contributed by atoms with Crippen molar-refractivity contribution in [3.05, 3.63) is 59.7 Å². The van der Waals surface area contributed by atoms with Crippen molar-refractivity contribution in [2.24, 2.45) is 5.92 Å². The predicted octanol–water partition coefficient (Wildman–Crippen LogP) is 2.28. The monoisotopic (exact) mass is 338 g/mol. The topological polar surface area (TPSA) is 75.2 Å². The van der Waals surface area contributed by atoms with Crippen LogP contribution in [0, 0.1) is 5.92 Å². The summed E-state index contributed by atoms with van der Waals surface area (Å²) in [7, 11) is 0. The summed E-state index contributed by atoms with van der Waals surface area (Å²) in [5, 5.41) is 2.82. The lowest BCUT2D eigenvalue weighted by Gasteiger charge is -2.30. The van der Waals surface area contributed by atoms with Crippen molar-refractivity contribution in [1.29, 1.82) is 0 Å². The quantitative estimate of drug-likeness (QED) is 0.928. The molecule has 1 aliphatic rings. The van der Waals surface area contributed by atoms with Gasteiger partial charge < -0.3 is 10.2 Å². The number of aromatic nitrogens is 2. The average Bonchev–Trinajstić information content (AvgIpc) is 2.67. The van der Waals surface area contributed by atoms with Gasteiger partial charge in [0.15, 0.2) is 0 Å². The van der Waals surface area contributed by atoms with Gasteiger partial charge in [0.1, 0.15) is 0 Å². The molecule has 0 saturated carbocycles. The lowest BCUT2D eigenvalue weighted by Crippen LogP contribution is -2.38. The number of carbonyl (C=O) groups is 2. The van der Waals surface area contributed by atoms with Gasteiger partial charge in [-0.15, -0.1) is 0 Å². The number of amides is 2. The standard InChI is InChI=1S/C19H22N4O2/c1-14-4-7-23(8-5-14)19(25)17-9-16(12-21-13-17)18(24)22-11-15-3-2-6-20-10-15/h2-3,6,9-10,12-14H,4-5,7-8,11H2,1H3,(H,22,24). The fourth-order valence-electron chi connectivity index (χ4n) is 2.86. The molecule has 6 nitrogen and oxygen atoms in total. The lowest BCUT2D eigenvalue weighted by atomic mass is 9.98. The highest BCUT2D eigenvalue weighted by Gasteiger charge is 2.22. The van der Waals surface area contributed by atoms with Gasteiger partial charge in [0.25, 0.3) is 11.8 Å². The molecule has 0 atom stereocenters. The molecule has 3 heterocycles. The largest absolute Gasteiger partial charge is 0.348 e. The molecular weight excluding hydrogens is 316 g/mol. The van der Waals surface area contributed by atoms with Crippen molar-refractivity contribution in [2.45, 2.75) is 26.3 Å². The second-order valence-corrected chi connectivity index (χ2v) is 6.48. The van der Waals surface area contributed by atoms with Crippen LogP contribution in [0.5, 0.6) is 0 Å². The maximum atomic E-state index is 12.6. The Morgan fingerprint density at radius 3 is 2.64 bits per heavy atom. The van der Waals surface area contributed by atoms with E-state index in [2.05, 4.69) is 22.2 Å². The molecule has 0 bridgehead atoms. The Morgan fingerprint density at radius 1 is 1.16 bits per heavy atom. The summed E-state index contributed by atoms with van der Waals surface area (Å²) < 4.78 is 0. The second-order valence-electron chi connectivity index (χ2n) is 6.48. The van der Waals surface area contributed by atoms with Gasteiger partial charge in [-0.25, -0.2) is 0 Å². The minimum absolute atomic E-state index is 0.0543. The summed E-state index contributed by atoms with van der Waals surface area (Å²) in [4.78, 5) is 34.9. The minimum Gasteiger partial charge on any atom is -0.348 e. The number of nitrogens with one attached hydrogen (secondary N) is 1. The molecule has 1 N–H and O–H groups in total. The van der Waals surface area contributed by atoms with Crippen LogP contribution >= 0.6 is 0 Å². The Bertz CT molecular complexity index is 740. The summed E-state index contributed by atoms with van der Waals surface area (Å²) in [6, 6.07) is 5.33. The van der Waals surface area contributed by atoms with Gasteiger partial charge in [-0.05, 0) is 36.5 Å². The van der Waals surface area contributed by atoms with E-state index < -0.39 is 0 Å². The first kappa shape index (κ1) is 17.1. The van der Waals surface area contributed by atoms with Crippen molar-refractivity contribution >= 4 is 11.8 Å². The SMILES string of the molecule is CC1CCN(C(=O)c2cncc(C(=O)NCc3cccnc3)c2)CC1. The molecule has 25 heavy (non-hydrogen) atoms. The molecule has 0 radical (unpaired) electrons. The molecule has 0 aliphatic carbocycles. The van der Waals surface area contributed by atoms with Crippen molar-refractivity contribution in [3.8, 4) is 0 Å². The zero-order valence-electron chi connectivity index (χ0n) is 14.3. The third-order valence-electron chi connectivity index (χ3n) is 4.49. The van der Waals surface area contributed by atoms with Crippen LogP contribution in [-0.2, 0) is 6.54 Å². The van der Waals surface area contributed by atoms with Crippen LogP contribution in [0.4, 0.5) is 0 Å². The Labute approximate surface area is 147 Å². The smallest absolute Gasteiger partial charge is 0.255 e. The van der Waals surface area contributed by atoms with E-state index in [9.17, 15) is 9.59 Å². The number of hydrogen-bond donors (Lipinski definition) is 1. The van der Waals surface area contributed by atoms with Gasteiger partial charge >= 0.3 is 0 Å². The third kappa shape index (κ3) is 4.41. The molecule has 1 saturated heterocycles. The Hall–Kier alpha value is -2.76. The number of nitrogens with zero attached hydrogens (tertiary/aromatic N) is 3. The molecular formula is C19H22N4O2. The summed E-state index contributed by atoms with van der Waals surface area (Å²) in [5.41, 5.74) is 1.77. The summed E-state index contributed by atoms with van der Waals surface area (Å²) >= 11 is 0. The normalized spacial score (nSPS) is 15.0. The Kier molecular flexibility index (Phi) is 5.38. The molecule has 130 valence electrons. The number of pyridine rings is 2. The van der Waals surface area contributed by atoms with Gasteiger partial charge in [0, 0.05) is 44.4 Å². The fraction of sp³-hybridized carbons (Fsp3) is 0.368. The molecule has 0 aromatic carbocycles. The number of rotatable bonds is 4. The van der Waals surface area contributed by atoms with Gasteiger partial charge in [-0.1, -0.05) is 13.0 Å². The first-order valence-electron chi connectivity index (χ1n) is 8.55. The van der Waals surface area contributed by atoms with Crippen molar-refractivity contribution in [1.82, 2.24) is 20.2 Å². The van der Waals surface area contributed by atoms with E-state index in [0.717, 1.165) is 31.5 Å². The second kappa shape index (κ2) is 7.88. The van der Waals surface area contributed by atoms with E-state index in [4.69, 9.17) is 0 Å². The molecule has 2 aromatic heterocycles. The van der Waals surface area contributed by atoms with Crippen LogP contribution in [0.3, 0.4) is 0 Å². The molecule has 2 aromatic rings. The van der Waals surface area contributed by atoms with Crippen LogP contribution in [0.2, 0.25) is 0 Å². The molecule has 1 aliphatic heterocycles. The molecule has 0 unspecified atom stereocenters. The van der Waals surface area contributed by atoms with Crippen LogP contribution < -0.4 is 5.32 Å². The van der Waals surface area contributed by atoms with E-state index in [0.29, 0.717) is 23.6 Å². The van der Waals surface area contributed by atoms with Gasteiger partial charge in [-0.3, -0.25) is 19.6 Å². The highest BCUT2D eigenvalue weighted by Crippen LogP contribution is 2.18.